The average molecular weight is 501 g/mol. The van der Waals surface area contributed by atoms with Crippen LogP contribution in [0.2, 0.25) is 10.0 Å². The van der Waals surface area contributed by atoms with Crippen LogP contribution in [-0.2, 0) is 6.61 Å². The lowest BCUT2D eigenvalue weighted by Crippen LogP contribution is -2.17. The van der Waals surface area contributed by atoms with Crippen molar-refractivity contribution in [3.8, 4) is 17.2 Å². The van der Waals surface area contributed by atoms with Gasteiger partial charge in [-0.1, -0.05) is 36.2 Å². The standard InChI is InChI=1S/C26H26Cl2N2O4/c1-3-13-33-21-9-7-20(8-10-21)26(31)30-29-16-18-6-12-24(25(15-18)32-4-2)34-17-19-5-11-22(27)23(28)14-19/h5-12,14-16H,3-4,13,17H2,1-2H3,(H,30,31)/b29-16+. The van der Waals surface area contributed by atoms with Crippen LogP contribution in [0.15, 0.2) is 65.8 Å². The fourth-order valence-corrected chi connectivity index (χ4v) is 3.26. The summed E-state index contributed by atoms with van der Waals surface area (Å²) in [4.78, 5) is 12.3. The third-order valence-corrected chi connectivity index (χ3v) is 5.35. The first kappa shape index (κ1) is 25.4. The van der Waals surface area contributed by atoms with Crippen molar-refractivity contribution in [3.05, 3.63) is 87.4 Å². The molecule has 0 atom stereocenters. The number of hydrogen-bond donors (Lipinski definition) is 1. The van der Waals surface area contributed by atoms with Gasteiger partial charge in [0.05, 0.1) is 29.5 Å². The molecule has 1 amide bonds. The van der Waals surface area contributed by atoms with Crippen LogP contribution in [0.5, 0.6) is 17.2 Å². The van der Waals surface area contributed by atoms with Gasteiger partial charge in [0.25, 0.3) is 5.91 Å². The Morgan fingerprint density at radius 2 is 1.71 bits per heavy atom. The summed E-state index contributed by atoms with van der Waals surface area (Å²) in [7, 11) is 0. The van der Waals surface area contributed by atoms with Crippen molar-refractivity contribution in [2.45, 2.75) is 26.9 Å². The van der Waals surface area contributed by atoms with Gasteiger partial charge in [0.15, 0.2) is 11.5 Å². The van der Waals surface area contributed by atoms with Crippen LogP contribution in [0.1, 0.15) is 41.8 Å². The quantitative estimate of drug-likeness (QED) is 0.240. The minimum atomic E-state index is -0.315. The fourth-order valence-electron chi connectivity index (χ4n) is 2.94. The van der Waals surface area contributed by atoms with Gasteiger partial charge in [-0.15, -0.1) is 0 Å². The fraction of sp³-hybridized carbons (Fsp3) is 0.231. The maximum atomic E-state index is 12.3. The zero-order valence-corrected chi connectivity index (χ0v) is 20.5. The molecular weight excluding hydrogens is 475 g/mol. The van der Waals surface area contributed by atoms with Gasteiger partial charge in [0.2, 0.25) is 0 Å². The van der Waals surface area contributed by atoms with Crippen LogP contribution in [0.3, 0.4) is 0 Å². The second kappa shape index (κ2) is 12.9. The van der Waals surface area contributed by atoms with Crippen LogP contribution in [0.4, 0.5) is 0 Å². The maximum Gasteiger partial charge on any atom is 0.271 e. The second-order valence-corrected chi connectivity index (χ2v) is 8.06. The van der Waals surface area contributed by atoms with Gasteiger partial charge >= 0.3 is 0 Å². The molecule has 0 bridgehead atoms. The molecular formula is C26H26Cl2N2O4. The van der Waals surface area contributed by atoms with E-state index in [1.165, 1.54) is 0 Å². The highest BCUT2D eigenvalue weighted by Gasteiger charge is 2.08. The van der Waals surface area contributed by atoms with Crippen molar-refractivity contribution in [2.24, 2.45) is 5.10 Å². The first-order valence-corrected chi connectivity index (χ1v) is 11.7. The van der Waals surface area contributed by atoms with Gasteiger partial charge in [0, 0.05) is 5.56 Å². The van der Waals surface area contributed by atoms with E-state index in [1.54, 1.807) is 54.7 Å². The van der Waals surface area contributed by atoms with Crippen molar-refractivity contribution in [1.29, 1.82) is 0 Å². The molecule has 6 nitrogen and oxygen atoms in total. The molecule has 0 heterocycles. The molecule has 0 radical (unpaired) electrons. The molecule has 3 rings (SSSR count). The van der Waals surface area contributed by atoms with E-state index in [4.69, 9.17) is 37.4 Å². The van der Waals surface area contributed by atoms with Gasteiger partial charge in [-0.3, -0.25) is 4.79 Å². The molecule has 0 spiro atoms. The lowest BCUT2D eigenvalue weighted by molar-refractivity contribution is 0.0955. The summed E-state index contributed by atoms with van der Waals surface area (Å²) in [5.74, 6) is 1.57. The lowest BCUT2D eigenvalue weighted by Gasteiger charge is -2.13. The third kappa shape index (κ3) is 7.40. The number of hydrazone groups is 1. The number of nitrogens with zero attached hydrogens (tertiary/aromatic N) is 1. The molecule has 0 aliphatic rings. The van der Waals surface area contributed by atoms with E-state index in [2.05, 4.69) is 10.5 Å². The molecule has 0 saturated heterocycles. The number of carbonyl (C=O) groups is 1. The molecule has 0 aliphatic carbocycles. The molecule has 0 saturated carbocycles. The Morgan fingerprint density at radius 3 is 2.41 bits per heavy atom. The van der Waals surface area contributed by atoms with E-state index in [1.807, 2.05) is 26.0 Å². The molecule has 8 heteroatoms. The maximum absolute atomic E-state index is 12.3. The molecule has 34 heavy (non-hydrogen) atoms. The van der Waals surface area contributed by atoms with Gasteiger partial charge < -0.3 is 14.2 Å². The zero-order valence-electron chi connectivity index (χ0n) is 19.0. The zero-order chi connectivity index (χ0) is 24.3. The van der Waals surface area contributed by atoms with E-state index in [9.17, 15) is 4.79 Å². The Bertz CT molecular complexity index is 1130. The highest BCUT2D eigenvalue weighted by molar-refractivity contribution is 6.42. The van der Waals surface area contributed by atoms with E-state index in [0.717, 1.165) is 23.3 Å². The van der Waals surface area contributed by atoms with E-state index in [0.29, 0.717) is 46.9 Å². The summed E-state index contributed by atoms with van der Waals surface area (Å²) in [5.41, 5.74) is 4.64. The SMILES string of the molecule is CCCOc1ccc(C(=O)N/N=C/c2ccc(OCc3ccc(Cl)c(Cl)c3)c(OCC)c2)cc1. The van der Waals surface area contributed by atoms with Gasteiger partial charge in [-0.25, -0.2) is 5.43 Å². The molecule has 3 aromatic carbocycles. The molecule has 3 aromatic rings. The van der Waals surface area contributed by atoms with Crippen molar-refractivity contribution < 1.29 is 19.0 Å². The second-order valence-electron chi connectivity index (χ2n) is 7.25. The molecule has 1 N–H and O–H groups in total. The number of ether oxygens (including phenoxy) is 3. The molecule has 0 aromatic heterocycles. The number of benzene rings is 3. The summed E-state index contributed by atoms with van der Waals surface area (Å²) in [6.07, 6.45) is 2.47. The number of rotatable bonds is 11. The number of hydrogen-bond acceptors (Lipinski definition) is 5. The Balaban J connectivity index is 1.61. The van der Waals surface area contributed by atoms with Crippen LogP contribution >= 0.6 is 23.2 Å². The number of amides is 1. The average Bonchev–Trinajstić information content (AvgIpc) is 2.84. The highest BCUT2D eigenvalue weighted by atomic mass is 35.5. The highest BCUT2D eigenvalue weighted by Crippen LogP contribution is 2.30. The Hall–Kier alpha value is -3.22. The Morgan fingerprint density at radius 1 is 0.912 bits per heavy atom. The van der Waals surface area contributed by atoms with E-state index >= 15 is 0 Å². The normalized spacial score (nSPS) is 10.8. The summed E-state index contributed by atoms with van der Waals surface area (Å²) in [6.45, 7) is 5.35. The largest absolute Gasteiger partial charge is 0.494 e. The monoisotopic (exact) mass is 500 g/mol. The summed E-state index contributed by atoms with van der Waals surface area (Å²) >= 11 is 12.0. The first-order valence-electron chi connectivity index (χ1n) is 10.9. The van der Waals surface area contributed by atoms with E-state index in [-0.39, 0.29) is 5.91 Å². The van der Waals surface area contributed by atoms with Crippen molar-refractivity contribution in [1.82, 2.24) is 5.43 Å². The summed E-state index contributed by atoms with van der Waals surface area (Å²) < 4.78 is 17.1. The van der Waals surface area contributed by atoms with Gasteiger partial charge in [0.1, 0.15) is 12.4 Å². The number of nitrogens with one attached hydrogen (secondary N) is 1. The lowest BCUT2D eigenvalue weighted by atomic mass is 10.2. The van der Waals surface area contributed by atoms with Crippen LogP contribution in [-0.4, -0.2) is 25.3 Å². The molecule has 0 aliphatic heterocycles. The van der Waals surface area contributed by atoms with Gasteiger partial charge in [-0.2, -0.15) is 5.10 Å². The van der Waals surface area contributed by atoms with Crippen molar-refractivity contribution in [3.63, 3.8) is 0 Å². The minimum absolute atomic E-state index is 0.308. The topological polar surface area (TPSA) is 69.2 Å². The van der Waals surface area contributed by atoms with Crippen molar-refractivity contribution in [2.75, 3.05) is 13.2 Å². The molecule has 0 fully saturated rings. The van der Waals surface area contributed by atoms with Crippen molar-refractivity contribution >= 4 is 35.3 Å². The predicted molar refractivity (Wildman–Crippen MR) is 136 cm³/mol. The van der Waals surface area contributed by atoms with Crippen LogP contribution < -0.4 is 19.6 Å². The molecule has 0 unspecified atom stereocenters. The number of halogens is 2. The molecule has 178 valence electrons. The Labute approximate surface area is 209 Å². The predicted octanol–water partition coefficient (Wildman–Crippen LogP) is 6.52. The van der Waals surface area contributed by atoms with Gasteiger partial charge in [-0.05, 0) is 79.1 Å². The smallest absolute Gasteiger partial charge is 0.271 e. The van der Waals surface area contributed by atoms with E-state index < -0.39 is 0 Å². The summed E-state index contributed by atoms with van der Waals surface area (Å²) in [5, 5.41) is 5.02. The summed E-state index contributed by atoms with van der Waals surface area (Å²) in [6, 6.07) is 17.7. The third-order valence-electron chi connectivity index (χ3n) is 4.62. The van der Waals surface area contributed by atoms with Crippen LogP contribution in [0, 0.1) is 0 Å². The first-order chi connectivity index (χ1) is 16.5. The minimum Gasteiger partial charge on any atom is -0.494 e. The Kier molecular flexibility index (Phi) is 9.62. The van der Waals surface area contributed by atoms with Crippen LogP contribution in [0.25, 0.3) is 0 Å². The number of carbonyl (C=O) groups excluding carboxylic acids is 1.